The van der Waals surface area contributed by atoms with Gasteiger partial charge in [-0.05, 0) is 32.4 Å². The second-order valence-corrected chi connectivity index (χ2v) is 5.74. The fourth-order valence-electron chi connectivity index (χ4n) is 1.65. The first-order chi connectivity index (χ1) is 9.97. The molecule has 0 saturated heterocycles. The fraction of sp³-hybridized carbons (Fsp3) is 0.467. The van der Waals surface area contributed by atoms with Crippen molar-refractivity contribution in [3.63, 3.8) is 0 Å². The topological polar surface area (TPSA) is 55.4 Å². The molecule has 22 heavy (non-hydrogen) atoms. The molecule has 0 aliphatic carbocycles. The Morgan fingerprint density at radius 1 is 1.18 bits per heavy atom. The molecular formula is C15H18F3NO3. The van der Waals surface area contributed by atoms with Gasteiger partial charge in [0.25, 0.3) is 0 Å². The zero-order valence-corrected chi connectivity index (χ0v) is 12.6. The molecule has 4 nitrogen and oxygen atoms in total. The van der Waals surface area contributed by atoms with E-state index >= 15 is 0 Å². The van der Waals surface area contributed by atoms with E-state index in [4.69, 9.17) is 4.74 Å². The lowest BCUT2D eigenvalue weighted by Crippen LogP contribution is -2.35. The Morgan fingerprint density at radius 3 is 2.36 bits per heavy atom. The maximum absolute atomic E-state index is 12.6. The Morgan fingerprint density at radius 2 is 1.82 bits per heavy atom. The Labute approximate surface area is 126 Å². The Hall–Kier alpha value is -2.05. The van der Waals surface area contributed by atoms with Gasteiger partial charge in [-0.3, -0.25) is 9.59 Å². The van der Waals surface area contributed by atoms with Crippen molar-refractivity contribution in [1.29, 1.82) is 0 Å². The quantitative estimate of drug-likeness (QED) is 0.869. The van der Waals surface area contributed by atoms with Gasteiger partial charge in [0.05, 0.1) is 12.0 Å². The van der Waals surface area contributed by atoms with Gasteiger partial charge in [0.2, 0.25) is 5.91 Å². The summed E-state index contributed by atoms with van der Waals surface area (Å²) in [6.07, 6.45) is -4.70. The van der Waals surface area contributed by atoms with Crippen LogP contribution in [0.1, 0.15) is 31.9 Å². The van der Waals surface area contributed by atoms with Crippen LogP contribution in [-0.4, -0.2) is 24.0 Å². The number of hydrogen-bond acceptors (Lipinski definition) is 3. The summed E-state index contributed by atoms with van der Waals surface area (Å²) in [5.41, 5.74) is -1.26. The number of esters is 1. The summed E-state index contributed by atoms with van der Waals surface area (Å²) in [5, 5.41) is 2.32. The van der Waals surface area contributed by atoms with Gasteiger partial charge in [0.1, 0.15) is 12.1 Å². The number of nitrogens with one attached hydrogen (secondary N) is 1. The number of ether oxygens (including phenoxy) is 1. The molecule has 1 aromatic rings. The van der Waals surface area contributed by atoms with Crippen LogP contribution in [0.3, 0.4) is 0 Å². The standard InChI is InChI=1S/C15H18F3NO3/c1-14(2,3)22-13(21)9-19-12(20)8-10-5-4-6-11(7-10)15(16,17)18/h4-7H,8-9H2,1-3H3,(H,19,20). The first-order valence-electron chi connectivity index (χ1n) is 6.62. The van der Waals surface area contributed by atoms with E-state index in [1.807, 2.05) is 0 Å². The minimum Gasteiger partial charge on any atom is -0.459 e. The molecule has 0 spiro atoms. The number of alkyl halides is 3. The fourth-order valence-corrected chi connectivity index (χ4v) is 1.65. The zero-order valence-electron chi connectivity index (χ0n) is 12.6. The van der Waals surface area contributed by atoms with Crippen molar-refractivity contribution < 1.29 is 27.5 Å². The van der Waals surface area contributed by atoms with E-state index < -0.39 is 29.2 Å². The average molecular weight is 317 g/mol. The van der Waals surface area contributed by atoms with E-state index in [9.17, 15) is 22.8 Å². The monoisotopic (exact) mass is 317 g/mol. The lowest BCUT2D eigenvalue weighted by molar-refractivity contribution is -0.154. The molecule has 122 valence electrons. The molecular weight excluding hydrogens is 299 g/mol. The number of carbonyl (C=O) groups is 2. The SMILES string of the molecule is CC(C)(C)OC(=O)CNC(=O)Cc1cccc(C(F)(F)F)c1. The molecule has 0 radical (unpaired) electrons. The molecule has 0 aliphatic rings. The second kappa shape index (κ2) is 6.81. The smallest absolute Gasteiger partial charge is 0.416 e. The summed E-state index contributed by atoms with van der Waals surface area (Å²) in [7, 11) is 0. The molecule has 0 heterocycles. The predicted molar refractivity (Wildman–Crippen MR) is 74.0 cm³/mol. The van der Waals surface area contributed by atoms with E-state index in [2.05, 4.69) is 5.32 Å². The Balaban J connectivity index is 2.54. The molecule has 0 fully saturated rings. The van der Waals surface area contributed by atoms with Crippen LogP contribution in [0.25, 0.3) is 0 Å². The van der Waals surface area contributed by atoms with Gasteiger partial charge in [0.15, 0.2) is 0 Å². The third kappa shape index (κ3) is 6.60. The predicted octanol–water partition coefficient (Wildman–Crippen LogP) is 2.71. The third-order valence-corrected chi connectivity index (χ3v) is 2.47. The lowest BCUT2D eigenvalue weighted by Gasteiger charge is -2.19. The van der Waals surface area contributed by atoms with Gasteiger partial charge in [-0.25, -0.2) is 0 Å². The van der Waals surface area contributed by atoms with Gasteiger partial charge in [-0.1, -0.05) is 18.2 Å². The van der Waals surface area contributed by atoms with Crippen LogP contribution >= 0.6 is 0 Å². The average Bonchev–Trinajstić information content (AvgIpc) is 2.34. The number of amides is 1. The van der Waals surface area contributed by atoms with Crippen molar-refractivity contribution in [1.82, 2.24) is 5.32 Å². The number of rotatable bonds is 4. The van der Waals surface area contributed by atoms with E-state index in [0.717, 1.165) is 12.1 Å². The largest absolute Gasteiger partial charge is 0.459 e. The summed E-state index contributed by atoms with van der Waals surface area (Å²) in [5.74, 6) is -1.16. The zero-order chi connectivity index (χ0) is 17.0. The maximum atomic E-state index is 12.6. The molecule has 1 rings (SSSR count). The normalized spacial score (nSPS) is 11.9. The molecule has 0 aliphatic heterocycles. The Kier molecular flexibility index (Phi) is 5.57. The number of hydrogen-bond donors (Lipinski definition) is 1. The summed E-state index contributed by atoms with van der Waals surface area (Å²) in [6.45, 7) is 4.75. The highest BCUT2D eigenvalue weighted by molar-refractivity contribution is 5.83. The van der Waals surface area contributed by atoms with Crippen LogP contribution in [0.2, 0.25) is 0 Å². The third-order valence-electron chi connectivity index (χ3n) is 2.47. The van der Waals surface area contributed by atoms with Gasteiger partial charge < -0.3 is 10.1 Å². The van der Waals surface area contributed by atoms with Crippen molar-refractivity contribution in [2.45, 2.75) is 39.0 Å². The highest BCUT2D eigenvalue weighted by Gasteiger charge is 2.30. The van der Waals surface area contributed by atoms with Crippen LogP contribution in [0.4, 0.5) is 13.2 Å². The van der Waals surface area contributed by atoms with Gasteiger partial charge in [-0.15, -0.1) is 0 Å². The number of carbonyl (C=O) groups excluding carboxylic acids is 2. The molecule has 1 aromatic carbocycles. The van der Waals surface area contributed by atoms with Crippen molar-refractivity contribution in [3.05, 3.63) is 35.4 Å². The summed E-state index contributed by atoms with van der Waals surface area (Å²) in [6, 6.07) is 4.50. The van der Waals surface area contributed by atoms with E-state index in [-0.39, 0.29) is 18.5 Å². The Bertz CT molecular complexity index is 548. The molecule has 0 atom stereocenters. The van der Waals surface area contributed by atoms with Crippen molar-refractivity contribution >= 4 is 11.9 Å². The van der Waals surface area contributed by atoms with Crippen LogP contribution < -0.4 is 5.32 Å². The van der Waals surface area contributed by atoms with Gasteiger partial charge in [0, 0.05) is 0 Å². The number of halogens is 3. The maximum Gasteiger partial charge on any atom is 0.416 e. The molecule has 1 N–H and O–H groups in total. The first kappa shape index (κ1) is 18.0. The minimum absolute atomic E-state index is 0.219. The van der Waals surface area contributed by atoms with Crippen LogP contribution in [-0.2, 0) is 26.9 Å². The van der Waals surface area contributed by atoms with Crippen LogP contribution in [0, 0.1) is 0 Å². The van der Waals surface area contributed by atoms with E-state index in [1.54, 1.807) is 20.8 Å². The molecule has 0 bridgehead atoms. The molecule has 0 saturated carbocycles. The van der Waals surface area contributed by atoms with Crippen molar-refractivity contribution in [3.8, 4) is 0 Å². The molecule has 7 heteroatoms. The van der Waals surface area contributed by atoms with E-state index in [0.29, 0.717) is 0 Å². The van der Waals surface area contributed by atoms with Crippen molar-refractivity contribution in [2.24, 2.45) is 0 Å². The molecule has 0 aromatic heterocycles. The highest BCUT2D eigenvalue weighted by Crippen LogP contribution is 2.29. The van der Waals surface area contributed by atoms with Gasteiger partial charge in [-0.2, -0.15) is 13.2 Å². The molecule has 1 amide bonds. The van der Waals surface area contributed by atoms with Crippen LogP contribution in [0.15, 0.2) is 24.3 Å². The first-order valence-corrected chi connectivity index (χ1v) is 6.62. The van der Waals surface area contributed by atoms with Crippen molar-refractivity contribution in [2.75, 3.05) is 6.54 Å². The highest BCUT2D eigenvalue weighted by atomic mass is 19.4. The molecule has 0 unspecified atom stereocenters. The lowest BCUT2D eigenvalue weighted by atomic mass is 10.1. The summed E-state index contributed by atoms with van der Waals surface area (Å²) < 4.78 is 42.7. The second-order valence-electron chi connectivity index (χ2n) is 5.74. The summed E-state index contributed by atoms with van der Waals surface area (Å²) >= 11 is 0. The number of benzene rings is 1. The minimum atomic E-state index is -4.46. The van der Waals surface area contributed by atoms with E-state index in [1.165, 1.54) is 12.1 Å². The van der Waals surface area contributed by atoms with Gasteiger partial charge >= 0.3 is 12.1 Å². The summed E-state index contributed by atoms with van der Waals surface area (Å²) in [4.78, 5) is 23.1. The van der Waals surface area contributed by atoms with Crippen LogP contribution in [0.5, 0.6) is 0 Å².